The van der Waals surface area contributed by atoms with Crippen molar-refractivity contribution in [3.63, 3.8) is 0 Å². The molecule has 10 heteroatoms. The number of hydrogen-bond donors (Lipinski definition) is 1. The number of nitrogens with one attached hydrogen (secondary N) is 1. The average molecular weight is 549 g/mol. The monoisotopic (exact) mass is 548 g/mol. The van der Waals surface area contributed by atoms with Gasteiger partial charge in [-0.05, 0) is 67.6 Å². The molecule has 3 aromatic heterocycles. The number of fused-ring (bicyclic) bond motifs is 1. The topological polar surface area (TPSA) is 101 Å². The van der Waals surface area contributed by atoms with Crippen molar-refractivity contribution >= 4 is 22.6 Å². The van der Waals surface area contributed by atoms with E-state index in [0.717, 1.165) is 49.5 Å². The Morgan fingerprint density at radius 1 is 0.976 bits per heavy atom. The summed E-state index contributed by atoms with van der Waals surface area (Å²) in [5.41, 5.74) is 5.01. The molecule has 1 fully saturated rings. The van der Waals surface area contributed by atoms with E-state index in [2.05, 4.69) is 61.3 Å². The summed E-state index contributed by atoms with van der Waals surface area (Å²) >= 11 is 0. The molecule has 1 saturated heterocycles. The summed E-state index contributed by atoms with van der Waals surface area (Å²) in [6.45, 7) is 7.14. The fraction of sp³-hybridized carbons (Fsp3) is 0.258. The average Bonchev–Trinajstić information content (AvgIpc) is 3.35. The lowest BCUT2D eigenvalue weighted by atomic mass is 10.1. The summed E-state index contributed by atoms with van der Waals surface area (Å²) < 4.78 is 7.91. The van der Waals surface area contributed by atoms with E-state index in [1.165, 1.54) is 5.56 Å². The zero-order valence-electron chi connectivity index (χ0n) is 23.4. The van der Waals surface area contributed by atoms with Gasteiger partial charge in [0.15, 0.2) is 11.5 Å². The van der Waals surface area contributed by atoms with E-state index in [9.17, 15) is 4.79 Å². The van der Waals surface area contributed by atoms with Crippen LogP contribution in [0.25, 0.3) is 22.4 Å². The second-order valence-corrected chi connectivity index (χ2v) is 10.5. The molecule has 0 aliphatic carbocycles. The lowest BCUT2D eigenvalue weighted by Crippen LogP contribution is -2.43. The number of likely N-dealkylation sites (N-methyl/N-ethyl adjacent to an activating group) is 1. The molecule has 5 aromatic rings. The molecule has 1 aliphatic rings. The molecule has 1 aliphatic heterocycles. The van der Waals surface area contributed by atoms with Crippen molar-refractivity contribution in [2.75, 3.05) is 38.5 Å². The van der Waals surface area contributed by atoms with E-state index >= 15 is 0 Å². The first-order valence-corrected chi connectivity index (χ1v) is 13.6. The van der Waals surface area contributed by atoms with E-state index in [0.29, 0.717) is 34.1 Å². The van der Waals surface area contributed by atoms with Crippen LogP contribution in [0.1, 0.15) is 21.5 Å². The molecule has 0 spiro atoms. The van der Waals surface area contributed by atoms with Gasteiger partial charge in [-0.2, -0.15) is 10.1 Å². The zero-order valence-corrected chi connectivity index (χ0v) is 23.4. The number of nitrogens with zero attached hydrogens (tertiary/aromatic N) is 7. The van der Waals surface area contributed by atoms with Gasteiger partial charge in [-0.25, -0.2) is 4.98 Å². The van der Waals surface area contributed by atoms with Gasteiger partial charge in [-0.15, -0.1) is 0 Å². The van der Waals surface area contributed by atoms with Crippen molar-refractivity contribution in [1.82, 2.24) is 34.5 Å². The lowest BCUT2D eigenvalue weighted by Gasteiger charge is -2.32. The predicted molar refractivity (Wildman–Crippen MR) is 158 cm³/mol. The van der Waals surface area contributed by atoms with Gasteiger partial charge in [-0.1, -0.05) is 12.1 Å². The third-order valence-corrected chi connectivity index (χ3v) is 7.20. The maximum atomic E-state index is 13.3. The van der Waals surface area contributed by atoms with Gasteiger partial charge in [0.05, 0.1) is 6.20 Å². The highest BCUT2D eigenvalue weighted by atomic mass is 16.5. The summed E-state index contributed by atoms with van der Waals surface area (Å²) in [7, 11) is 3.98. The van der Waals surface area contributed by atoms with Crippen molar-refractivity contribution in [3.8, 4) is 23.0 Å². The van der Waals surface area contributed by atoms with E-state index in [1.54, 1.807) is 47.5 Å². The number of anilines is 1. The molecule has 0 atom stereocenters. The van der Waals surface area contributed by atoms with Crippen LogP contribution >= 0.6 is 0 Å². The molecule has 2 aromatic carbocycles. The number of benzene rings is 2. The van der Waals surface area contributed by atoms with Crippen LogP contribution < -0.4 is 10.1 Å². The van der Waals surface area contributed by atoms with Gasteiger partial charge in [0.1, 0.15) is 11.1 Å². The van der Waals surface area contributed by atoms with Gasteiger partial charge in [0.2, 0.25) is 5.88 Å². The van der Waals surface area contributed by atoms with Gasteiger partial charge >= 0.3 is 0 Å². The summed E-state index contributed by atoms with van der Waals surface area (Å²) in [5.74, 6) is 1.14. The number of carbonyl (C=O) groups excluding carboxylic acids is 1. The molecule has 4 heterocycles. The van der Waals surface area contributed by atoms with Crippen LogP contribution in [-0.2, 0) is 13.6 Å². The van der Waals surface area contributed by atoms with Crippen LogP contribution in [0.3, 0.4) is 0 Å². The fourth-order valence-electron chi connectivity index (χ4n) is 5.01. The van der Waals surface area contributed by atoms with Gasteiger partial charge in [0.25, 0.3) is 5.91 Å². The second-order valence-electron chi connectivity index (χ2n) is 10.5. The normalized spacial score (nSPS) is 14.3. The van der Waals surface area contributed by atoms with E-state index in [1.807, 2.05) is 25.2 Å². The standard InChI is InChI=1S/C31H32N8O2/c1-21-15-22(20-39-13-11-37(2)12-14-39)17-25(16-21)34-30(40)24-5-4-6-26(18-24)41-31-27-19-33-38(3)29(27)35-28(36-31)23-7-9-32-10-8-23/h4-10,15-19H,11-14,20H2,1-3H3,(H,34,40). The molecule has 0 saturated carbocycles. The number of amides is 1. The quantitative estimate of drug-likeness (QED) is 0.317. The lowest BCUT2D eigenvalue weighted by molar-refractivity contribution is 0.102. The Labute approximate surface area is 238 Å². The summed E-state index contributed by atoms with van der Waals surface area (Å²) in [6.07, 6.45) is 5.06. The van der Waals surface area contributed by atoms with Gasteiger partial charge in [0, 0.05) is 69.0 Å². The van der Waals surface area contributed by atoms with Crippen molar-refractivity contribution in [2.24, 2.45) is 7.05 Å². The van der Waals surface area contributed by atoms with Crippen LogP contribution in [0.4, 0.5) is 5.69 Å². The smallest absolute Gasteiger partial charge is 0.255 e. The number of hydrogen-bond acceptors (Lipinski definition) is 8. The molecule has 208 valence electrons. The van der Waals surface area contributed by atoms with Gasteiger partial charge < -0.3 is 15.0 Å². The SMILES string of the molecule is Cc1cc(CN2CCN(C)CC2)cc(NC(=O)c2cccc(Oc3nc(-c4ccncc4)nc4c3cnn4C)c2)c1. The predicted octanol–water partition coefficient (Wildman–Crippen LogP) is 4.53. The molecular weight excluding hydrogens is 516 g/mol. The maximum Gasteiger partial charge on any atom is 0.255 e. The Morgan fingerprint density at radius 3 is 2.59 bits per heavy atom. The summed E-state index contributed by atoms with van der Waals surface area (Å²) in [6, 6.07) is 17.0. The molecule has 1 N–H and O–H groups in total. The minimum absolute atomic E-state index is 0.210. The number of aromatic nitrogens is 5. The van der Waals surface area contributed by atoms with Crippen LogP contribution in [-0.4, -0.2) is 73.7 Å². The summed E-state index contributed by atoms with van der Waals surface area (Å²) in [5, 5.41) is 8.08. The van der Waals surface area contributed by atoms with Crippen molar-refractivity contribution in [1.29, 1.82) is 0 Å². The Kier molecular flexibility index (Phi) is 7.41. The van der Waals surface area contributed by atoms with Crippen molar-refractivity contribution in [3.05, 3.63) is 89.9 Å². The Hall–Kier alpha value is -4.67. The number of rotatable bonds is 7. The maximum absolute atomic E-state index is 13.3. The third kappa shape index (κ3) is 6.08. The molecule has 0 radical (unpaired) electrons. The van der Waals surface area contributed by atoms with E-state index in [4.69, 9.17) is 4.74 Å². The van der Waals surface area contributed by atoms with Crippen LogP contribution in [0, 0.1) is 6.92 Å². The highest BCUT2D eigenvalue weighted by Gasteiger charge is 2.17. The molecule has 10 nitrogen and oxygen atoms in total. The van der Waals surface area contributed by atoms with Crippen molar-refractivity contribution < 1.29 is 9.53 Å². The highest BCUT2D eigenvalue weighted by Crippen LogP contribution is 2.30. The first-order chi connectivity index (χ1) is 19.9. The molecule has 1 amide bonds. The van der Waals surface area contributed by atoms with E-state index < -0.39 is 0 Å². The van der Waals surface area contributed by atoms with Crippen LogP contribution in [0.15, 0.2) is 73.2 Å². The number of pyridine rings is 1. The van der Waals surface area contributed by atoms with Gasteiger partial charge in [-0.3, -0.25) is 19.4 Å². The number of carbonyl (C=O) groups is 1. The van der Waals surface area contributed by atoms with Crippen LogP contribution in [0.2, 0.25) is 0 Å². The zero-order chi connectivity index (χ0) is 28.3. The third-order valence-electron chi connectivity index (χ3n) is 7.20. The Balaban J connectivity index is 1.21. The molecular formula is C31H32N8O2. The Morgan fingerprint density at radius 2 is 1.78 bits per heavy atom. The van der Waals surface area contributed by atoms with Crippen LogP contribution in [0.5, 0.6) is 11.6 Å². The molecule has 6 rings (SSSR count). The van der Waals surface area contributed by atoms with Crippen molar-refractivity contribution in [2.45, 2.75) is 13.5 Å². The number of piperazine rings is 1. The Bertz CT molecular complexity index is 1690. The minimum atomic E-state index is -0.210. The number of ether oxygens (including phenoxy) is 1. The second kappa shape index (κ2) is 11.4. The molecule has 0 bridgehead atoms. The first-order valence-electron chi connectivity index (χ1n) is 13.6. The molecule has 0 unspecified atom stereocenters. The highest BCUT2D eigenvalue weighted by molar-refractivity contribution is 6.04. The molecule has 41 heavy (non-hydrogen) atoms. The first kappa shape index (κ1) is 26.5. The summed E-state index contributed by atoms with van der Waals surface area (Å²) in [4.78, 5) is 31.5. The largest absolute Gasteiger partial charge is 0.438 e. The number of aryl methyl sites for hydroxylation is 2. The minimum Gasteiger partial charge on any atom is -0.438 e. The fourth-order valence-corrected chi connectivity index (χ4v) is 5.01. The van der Waals surface area contributed by atoms with E-state index in [-0.39, 0.29) is 5.91 Å².